The zero-order chi connectivity index (χ0) is 15.5. The number of carbonyl (C=O) groups excluding carboxylic acids is 1. The Morgan fingerprint density at radius 2 is 1.95 bits per heavy atom. The standard InChI is InChI=1S/C12H15Br2N3O3S/c13-9-1-2-11(10(14)7-9)21(19,20)16-8-12(18)17-5-3-15-4-6-17/h1-2,7,15-16H,3-6,8H2. The van der Waals surface area contributed by atoms with Crippen molar-refractivity contribution < 1.29 is 13.2 Å². The van der Waals surface area contributed by atoms with Crippen LogP contribution in [-0.4, -0.2) is 51.9 Å². The summed E-state index contributed by atoms with van der Waals surface area (Å²) in [6, 6.07) is 4.76. The second-order valence-electron chi connectivity index (χ2n) is 4.53. The topological polar surface area (TPSA) is 78.5 Å². The Morgan fingerprint density at radius 1 is 1.29 bits per heavy atom. The van der Waals surface area contributed by atoms with Crippen LogP contribution in [0.25, 0.3) is 0 Å². The van der Waals surface area contributed by atoms with Gasteiger partial charge >= 0.3 is 0 Å². The van der Waals surface area contributed by atoms with Crippen LogP contribution in [0.1, 0.15) is 0 Å². The lowest BCUT2D eigenvalue weighted by molar-refractivity contribution is -0.130. The molecule has 1 aromatic carbocycles. The predicted molar refractivity (Wildman–Crippen MR) is 86.5 cm³/mol. The highest BCUT2D eigenvalue weighted by atomic mass is 79.9. The molecule has 9 heteroatoms. The zero-order valence-electron chi connectivity index (χ0n) is 11.1. The van der Waals surface area contributed by atoms with Gasteiger partial charge in [-0.2, -0.15) is 0 Å². The molecule has 0 aliphatic carbocycles. The van der Waals surface area contributed by atoms with Crippen molar-refractivity contribution in [3.63, 3.8) is 0 Å². The number of hydrogen-bond acceptors (Lipinski definition) is 4. The van der Waals surface area contributed by atoms with Gasteiger partial charge in [0, 0.05) is 35.1 Å². The van der Waals surface area contributed by atoms with E-state index in [2.05, 4.69) is 41.9 Å². The molecule has 0 spiro atoms. The first kappa shape index (κ1) is 16.9. The molecule has 1 aliphatic rings. The van der Waals surface area contributed by atoms with Gasteiger partial charge in [0.05, 0.1) is 11.4 Å². The van der Waals surface area contributed by atoms with Gasteiger partial charge in [0.15, 0.2) is 0 Å². The largest absolute Gasteiger partial charge is 0.339 e. The number of carbonyl (C=O) groups is 1. The third kappa shape index (κ3) is 4.49. The molecule has 21 heavy (non-hydrogen) atoms. The third-order valence-electron chi connectivity index (χ3n) is 3.07. The molecule has 2 rings (SSSR count). The fourth-order valence-electron chi connectivity index (χ4n) is 1.95. The lowest BCUT2D eigenvalue weighted by Gasteiger charge is -2.27. The molecule has 1 heterocycles. The van der Waals surface area contributed by atoms with Gasteiger partial charge < -0.3 is 10.2 Å². The number of hydrogen-bond donors (Lipinski definition) is 2. The van der Waals surface area contributed by atoms with E-state index in [0.29, 0.717) is 17.6 Å². The van der Waals surface area contributed by atoms with Crippen LogP contribution in [0.5, 0.6) is 0 Å². The summed E-state index contributed by atoms with van der Waals surface area (Å²) in [6.45, 7) is 2.43. The van der Waals surface area contributed by atoms with Crippen LogP contribution in [0.3, 0.4) is 0 Å². The number of rotatable bonds is 4. The van der Waals surface area contributed by atoms with Crippen molar-refractivity contribution in [1.82, 2.24) is 14.9 Å². The molecule has 0 unspecified atom stereocenters. The molecule has 1 aromatic rings. The normalized spacial score (nSPS) is 16.0. The highest BCUT2D eigenvalue weighted by molar-refractivity contribution is 9.11. The summed E-state index contributed by atoms with van der Waals surface area (Å²) in [5, 5.41) is 3.14. The number of piperazine rings is 1. The maximum Gasteiger partial charge on any atom is 0.242 e. The first-order valence-corrected chi connectivity index (χ1v) is 9.40. The average Bonchev–Trinajstić information content (AvgIpc) is 2.45. The van der Waals surface area contributed by atoms with E-state index in [1.807, 2.05) is 0 Å². The van der Waals surface area contributed by atoms with Crippen LogP contribution in [0.4, 0.5) is 0 Å². The number of halogens is 2. The highest BCUT2D eigenvalue weighted by Gasteiger charge is 2.21. The van der Waals surface area contributed by atoms with Crippen LogP contribution in [0.2, 0.25) is 0 Å². The quantitative estimate of drug-likeness (QED) is 0.729. The summed E-state index contributed by atoms with van der Waals surface area (Å²) in [5.74, 6) is -0.215. The number of nitrogens with zero attached hydrogens (tertiary/aromatic N) is 1. The number of sulfonamides is 1. The Hall–Kier alpha value is -0.480. The predicted octanol–water partition coefficient (Wildman–Crippen LogP) is 0.922. The molecule has 1 amide bonds. The monoisotopic (exact) mass is 439 g/mol. The maximum atomic E-state index is 12.2. The minimum absolute atomic E-state index is 0.110. The first-order valence-electron chi connectivity index (χ1n) is 6.33. The fourth-order valence-corrected chi connectivity index (χ4v) is 4.67. The first-order chi connectivity index (χ1) is 9.90. The van der Waals surface area contributed by atoms with Gasteiger partial charge in [-0.25, -0.2) is 13.1 Å². The van der Waals surface area contributed by atoms with Gasteiger partial charge in [0.1, 0.15) is 0 Å². The van der Waals surface area contributed by atoms with E-state index in [1.165, 1.54) is 6.07 Å². The molecule has 0 aromatic heterocycles. The summed E-state index contributed by atoms with van der Waals surface area (Å²) in [5.41, 5.74) is 0. The number of amides is 1. The lowest BCUT2D eigenvalue weighted by atomic mass is 10.3. The summed E-state index contributed by atoms with van der Waals surface area (Å²) in [7, 11) is -3.72. The molecule has 1 saturated heterocycles. The van der Waals surface area contributed by atoms with Crippen molar-refractivity contribution in [3.05, 3.63) is 27.1 Å². The average molecular weight is 441 g/mol. The molecule has 1 fully saturated rings. The van der Waals surface area contributed by atoms with Crippen molar-refractivity contribution in [3.8, 4) is 0 Å². The molecular formula is C12H15Br2N3O3S. The minimum Gasteiger partial charge on any atom is -0.339 e. The molecule has 0 atom stereocenters. The summed E-state index contributed by atoms with van der Waals surface area (Å²) < 4.78 is 28.0. The second-order valence-corrected chi connectivity index (χ2v) is 8.04. The molecule has 6 nitrogen and oxygen atoms in total. The summed E-state index contributed by atoms with van der Waals surface area (Å²) in [6.07, 6.45) is 0. The van der Waals surface area contributed by atoms with Crippen molar-refractivity contribution in [1.29, 1.82) is 0 Å². The van der Waals surface area contributed by atoms with E-state index in [1.54, 1.807) is 17.0 Å². The molecule has 116 valence electrons. The van der Waals surface area contributed by atoms with Crippen molar-refractivity contribution in [2.75, 3.05) is 32.7 Å². The molecular weight excluding hydrogens is 426 g/mol. The van der Waals surface area contributed by atoms with Gasteiger partial charge in [0.25, 0.3) is 0 Å². The fraction of sp³-hybridized carbons (Fsp3) is 0.417. The van der Waals surface area contributed by atoms with Gasteiger partial charge in [-0.3, -0.25) is 4.79 Å². The number of nitrogens with one attached hydrogen (secondary N) is 2. The maximum absolute atomic E-state index is 12.2. The highest BCUT2D eigenvalue weighted by Crippen LogP contribution is 2.25. The molecule has 0 radical (unpaired) electrons. The van der Waals surface area contributed by atoms with E-state index < -0.39 is 10.0 Å². The smallest absolute Gasteiger partial charge is 0.242 e. The van der Waals surface area contributed by atoms with Gasteiger partial charge in [-0.1, -0.05) is 15.9 Å². The van der Waals surface area contributed by atoms with Crippen molar-refractivity contribution >= 4 is 47.8 Å². The van der Waals surface area contributed by atoms with Crippen molar-refractivity contribution in [2.45, 2.75) is 4.90 Å². The van der Waals surface area contributed by atoms with Crippen LogP contribution >= 0.6 is 31.9 Å². The summed E-state index contributed by atoms with van der Waals surface area (Å²) >= 11 is 6.48. The van der Waals surface area contributed by atoms with Gasteiger partial charge in [-0.15, -0.1) is 0 Å². The van der Waals surface area contributed by atoms with Crippen LogP contribution in [-0.2, 0) is 14.8 Å². The molecule has 1 aliphatic heterocycles. The molecule has 2 N–H and O–H groups in total. The van der Waals surface area contributed by atoms with Gasteiger partial charge in [-0.05, 0) is 34.1 Å². The van der Waals surface area contributed by atoms with Crippen molar-refractivity contribution in [2.24, 2.45) is 0 Å². The number of benzene rings is 1. The minimum atomic E-state index is -3.72. The SMILES string of the molecule is O=C(CNS(=O)(=O)c1ccc(Br)cc1Br)N1CCNCC1. The Kier molecular flexibility index (Phi) is 5.78. The Morgan fingerprint density at radius 3 is 2.57 bits per heavy atom. The van der Waals surface area contributed by atoms with E-state index in [4.69, 9.17) is 0 Å². The van der Waals surface area contributed by atoms with Gasteiger partial charge in [0.2, 0.25) is 15.9 Å². The van der Waals surface area contributed by atoms with E-state index >= 15 is 0 Å². The Labute approximate surface area is 140 Å². The van der Waals surface area contributed by atoms with Crippen LogP contribution < -0.4 is 10.0 Å². The molecule has 0 saturated carbocycles. The second kappa shape index (κ2) is 7.19. The zero-order valence-corrected chi connectivity index (χ0v) is 15.1. The lowest BCUT2D eigenvalue weighted by Crippen LogP contribution is -2.49. The van der Waals surface area contributed by atoms with E-state index in [0.717, 1.165) is 17.6 Å². The van der Waals surface area contributed by atoms with Crippen LogP contribution in [0, 0.1) is 0 Å². The molecule has 0 bridgehead atoms. The third-order valence-corrected chi connectivity index (χ3v) is 5.94. The summed E-state index contributed by atoms with van der Waals surface area (Å²) in [4.78, 5) is 13.7. The van der Waals surface area contributed by atoms with E-state index in [-0.39, 0.29) is 17.3 Å². The Balaban J connectivity index is 2.02. The van der Waals surface area contributed by atoms with E-state index in [9.17, 15) is 13.2 Å². The Bertz CT molecular complexity index is 631. The van der Waals surface area contributed by atoms with Crippen LogP contribution in [0.15, 0.2) is 32.0 Å².